The number of imide groups is 1. The van der Waals surface area contributed by atoms with Gasteiger partial charge >= 0.3 is 5.97 Å². The quantitative estimate of drug-likeness (QED) is 0.0152. The highest BCUT2D eigenvalue weighted by Gasteiger charge is 2.50. The van der Waals surface area contributed by atoms with Gasteiger partial charge in [-0.05, 0) is 97.3 Å². The number of fused-ring (bicyclic) bond motifs is 6. The van der Waals surface area contributed by atoms with Gasteiger partial charge in [0.25, 0.3) is 52.3 Å². The minimum Gasteiger partial charge on any atom is -0.744 e. The summed E-state index contributed by atoms with van der Waals surface area (Å²) in [4.78, 5) is 38.5. The zero-order valence-corrected chi connectivity index (χ0v) is 60.7. The Bertz CT molecular complexity index is 4390. The Labute approximate surface area is 592 Å². The molecule has 3 aliphatic rings. The second-order valence-electron chi connectivity index (χ2n) is 23.7. The summed E-state index contributed by atoms with van der Waals surface area (Å²) in [6, 6.07) is 9.30. The summed E-state index contributed by atoms with van der Waals surface area (Å²) in [5.74, 6) is -2.62. The van der Waals surface area contributed by atoms with Crippen molar-refractivity contribution in [2.45, 2.75) is 82.8 Å². The first-order valence-electron chi connectivity index (χ1n) is 32.1. The average molecular weight is 1530 g/mol. The fourth-order valence-corrected chi connectivity index (χ4v) is 15.2. The number of amides is 2. The van der Waals surface area contributed by atoms with Crippen molar-refractivity contribution in [2.24, 2.45) is 0 Å². The number of rotatable bonds is 46. The molecular formula is C65H85N3O29S5. The highest BCUT2D eigenvalue weighted by atomic mass is 32.2. The second-order valence-corrected chi connectivity index (χ2v) is 30.8. The fraction of sp³-hybridized carbons (Fsp3) is 0.508. The van der Waals surface area contributed by atoms with Crippen LogP contribution in [0.5, 0.6) is 0 Å². The normalized spacial score (nSPS) is 18.1. The second kappa shape index (κ2) is 37.5. The Kier molecular flexibility index (Phi) is 30.5. The van der Waals surface area contributed by atoms with Crippen molar-refractivity contribution in [2.75, 3.05) is 157 Å². The molecule has 0 bridgehead atoms. The summed E-state index contributed by atoms with van der Waals surface area (Å²) in [5.41, 5.74) is 0.158. The first-order valence-corrected chi connectivity index (χ1v) is 39.5. The van der Waals surface area contributed by atoms with Gasteiger partial charge < -0.3 is 61.7 Å². The molecule has 0 saturated carbocycles. The van der Waals surface area contributed by atoms with Crippen molar-refractivity contribution in [3.05, 3.63) is 108 Å². The number of allylic oxidation sites excluding steroid dienone is 8. The van der Waals surface area contributed by atoms with Crippen LogP contribution >= 0.6 is 0 Å². The molecule has 37 heteroatoms. The lowest BCUT2D eigenvalue weighted by molar-refractivity contribution is -0.441. The molecule has 2 amide bonds. The third-order valence-electron chi connectivity index (χ3n) is 16.7. The van der Waals surface area contributed by atoms with E-state index >= 15 is 0 Å². The van der Waals surface area contributed by atoms with E-state index in [2.05, 4.69) is 0 Å². The number of hydrogen-bond donors (Lipinski definition) is 4. The van der Waals surface area contributed by atoms with E-state index < -0.39 is 105 Å². The molecule has 4 aromatic rings. The summed E-state index contributed by atoms with van der Waals surface area (Å²) >= 11 is 0. The monoisotopic (exact) mass is 1530 g/mol. The zero-order chi connectivity index (χ0) is 74.5. The maximum absolute atomic E-state index is 12.9. The molecule has 2 atom stereocenters. The minimum atomic E-state index is -5.37. The molecule has 3 heterocycles. The van der Waals surface area contributed by atoms with Gasteiger partial charge in [0.1, 0.15) is 21.6 Å². The number of nitrogens with zero attached hydrogens (tertiary/aromatic N) is 3. The maximum Gasteiger partial charge on any atom is 0.335 e. The Morgan fingerprint density at radius 2 is 1.02 bits per heavy atom. The van der Waals surface area contributed by atoms with E-state index in [9.17, 15) is 79.2 Å². The number of benzene rings is 4. The highest BCUT2D eigenvalue weighted by molar-refractivity contribution is 7.87. The van der Waals surface area contributed by atoms with Gasteiger partial charge in [-0.25, -0.2) is 13.2 Å². The van der Waals surface area contributed by atoms with Gasteiger partial charge in [0.15, 0.2) is 12.3 Å². The largest absolute Gasteiger partial charge is 0.744 e. The van der Waals surface area contributed by atoms with E-state index in [0.29, 0.717) is 70.9 Å². The third-order valence-corrected chi connectivity index (χ3v) is 20.9. The lowest BCUT2D eigenvalue weighted by Crippen LogP contribution is -2.32. The maximum atomic E-state index is 12.9. The lowest BCUT2D eigenvalue weighted by atomic mass is 9.74. The molecule has 0 spiro atoms. The molecule has 32 nitrogen and oxygen atoms in total. The molecule has 2 unspecified atom stereocenters. The minimum absolute atomic E-state index is 0.00552. The SMILES string of the molecule is COCCOCCOCCOCCC1(C)\C(=C/C=C/C=C/C=C/C2=[N+](CCOC)c3ccc4c(S(=O)(=O)O)cc(S(=O)(=O)O)cc4c3C2(C)CCCS(=O)(=O)O)N(CCOCCOCCOCCOCCOCCC(=O)ON2C(=O)CCC2=O)c2ccc3c(S(=O)(=O)[O-])cc(S(=O)(=O)O)cc3c21. The molecular weight excluding hydrogens is 1450 g/mol. The number of carbonyl (C=O) groups excluding carboxylic acids is 3. The van der Waals surface area contributed by atoms with Crippen LogP contribution in [-0.4, -0.2) is 250 Å². The van der Waals surface area contributed by atoms with Gasteiger partial charge in [0, 0.05) is 80.1 Å². The van der Waals surface area contributed by atoms with E-state index in [1.54, 1.807) is 68.7 Å². The Morgan fingerprint density at radius 3 is 1.55 bits per heavy atom. The summed E-state index contributed by atoms with van der Waals surface area (Å²) in [5, 5.41) is 0.272. The predicted molar refractivity (Wildman–Crippen MR) is 365 cm³/mol. The van der Waals surface area contributed by atoms with Crippen LogP contribution in [0.3, 0.4) is 0 Å². The standard InChI is InChI=1S/C65H85N3O29S5/c1-64(20-10-42-98(72,73)74)57(66(22-26-87-3)53-15-13-49-51(62(53)64)43-47(99(75,76)77)45-55(49)101(81,82)83)11-8-6-5-7-9-12-58-65(2,21-25-90-31-34-94-37-36-92-29-28-88-4)63-52-44-48(100(78,79)80)46-56(102(84,85)86)50(52)14-16-54(63)67(58)23-27-91-32-35-95-39-41-96-40-38-93-33-30-89-24-19-61(71)97-68-59(69)17-18-60(68)70/h5-9,11-16,43-46H,10,17-42H2,1-4H3,(H4-,72,73,74,75,76,77,78,79,80,81,82,83,84,85,86). The molecule has 564 valence electrons. The van der Waals surface area contributed by atoms with Gasteiger partial charge in [0.2, 0.25) is 5.69 Å². The lowest BCUT2D eigenvalue weighted by Gasteiger charge is -2.31. The molecule has 1 fully saturated rings. The smallest absolute Gasteiger partial charge is 0.335 e. The third kappa shape index (κ3) is 22.6. The number of anilines is 1. The van der Waals surface area contributed by atoms with Crippen LogP contribution in [0.4, 0.5) is 11.4 Å². The average Bonchev–Trinajstić information content (AvgIpc) is 1.61. The predicted octanol–water partition coefficient (Wildman–Crippen LogP) is 4.80. The van der Waals surface area contributed by atoms with Crippen LogP contribution in [0.15, 0.2) is 116 Å². The molecule has 4 aromatic carbocycles. The van der Waals surface area contributed by atoms with E-state index in [4.69, 9.17) is 52.2 Å². The Balaban J connectivity index is 1.13. The highest BCUT2D eigenvalue weighted by Crippen LogP contribution is 2.54. The van der Waals surface area contributed by atoms with E-state index in [-0.39, 0.29) is 172 Å². The van der Waals surface area contributed by atoms with Gasteiger partial charge in [-0.15, -0.1) is 5.06 Å². The van der Waals surface area contributed by atoms with Gasteiger partial charge in [-0.2, -0.15) is 38.2 Å². The molecule has 0 aromatic heterocycles. The number of methoxy groups -OCH3 is 2. The van der Waals surface area contributed by atoms with E-state index in [1.165, 1.54) is 19.2 Å². The van der Waals surface area contributed by atoms with Crippen molar-refractivity contribution in [3.63, 3.8) is 0 Å². The molecule has 0 aliphatic carbocycles. The van der Waals surface area contributed by atoms with Gasteiger partial charge in [-0.1, -0.05) is 36.4 Å². The van der Waals surface area contributed by atoms with Crippen LogP contribution < -0.4 is 4.90 Å². The Hall–Kier alpha value is -6.41. The molecule has 4 N–H and O–H groups in total. The van der Waals surface area contributed by atoms with Crippen molar-refractivity contribution >= 4 is 107 Å². The van der Waals surface area contributed by atoms with Crippen LogP contribution in [0, 0.1) is 0 Å². The van der Waals surface area contributed by atoms with Crippen molar-refractivity contribution in [3.8, 4) is 0 Å². The van der Waals surface area contributed by atoms with Crippen LogP contribution in [0.1, 0.15) is 63.5 Å². The summed E-state index contributed by atoms with van der Waals surface area (Å²) in [6.45, 7) is 7.30. The van der Waals surface area contributed by atoms with E-state index in [1.807, 2.05) is 16.4 Å². The van der Waals surface area contributed by atoms with Crippen LogP contribution in [-0.2, 0) is 128 Å². The number of hydroxylamine groups is 2. The number of hydrogen-bond acceptors (Lipinski definition) is 26. The first kappa shape index (κ1) is 82.9. The van der Waals surface area contributed by atoms with E-state index in [0.717, 1.165) is 12.1 Å². The summed E-state index contributed by atoms with van der Waals surface area (Å²) in [7, 11) is -22.2. The topological polar surface area (TPSA) is 437 Å². The molecule has 1 saturated heterocycles. The zero-order valence-electron chi connectivity index (χ0n) is 56.6. The molecule has 0 radical (unpaired) electrons. The van der Waals surface area contributed by atoms with Crippen molar-refractivity contribution < 1.29 is 136 Å². The fourth-order valence-electron chi connectivity index (χ4n) is 12.0. The van der Waals surface area contributed by atoms with Crippen molar-refractivity contribution in [1.82, 2.24) is 5.06 Å². The van der Waals surface area contributed by atoms with Crippen molar-refractivity contribution in [1.29, 1.82) is 0 Å². The molecule has 7 rings (SSSR count). The van der Waals surface area contributed by atoms with Gasteiger partial charge in [0.05, 0.1) is 138 Å². The van der Waals surface area contributed by atoms with Gasteiger partial charge in [-0.3, -0.25) is 27.8 Å². The Morgan fingerprint density at radius 1 is 0.539 bits per heavy atom. The summed E-state index contributed by atoms with van der Waals surface area (Å²) in [6.07, 6.45) is 11.6. The molecule has 3 aliphatic heterocycles. The van der Waals surface area contributed by atoms with Crippen LogP contribution in [0.25, 0.3) is 21.5 Å². The number of carbonyl (C=O) groups is 3. The summed E-state index contributed by atoms with van der Waals surface area (Å²) < 4.78 is 238. The van der Waals surface area contributed by atoms with Crippen LogP contribution in [0.2, 0.25) is 0 Å². The first-order chi connectivity index (χ1) is 48.3. The molecule has 102 heavy (non-hydrogen) atoms. The number of ether oxygens (including phenoxy) is 10.